The topological polar surface area (TPSA) is 38.5 Å². The van der Waals surface area contributed by atoms with Crippen LogP contribution in [0.5, 0.6) is 5.75 Å². The summed E-state index contributed by atoms with van der Waals surface area (Å²) < 4.78 is 7.03. The van der Waals surface area contributed by atoms with Crippen LogP contribution in [0.3, 0.4) is 0 Å². The number of nitrogens with zero attached hydrogens (tertiary/aromatic N) is 1. The van der Waals surface area contributed by atoms with Crippen molar-refractivity contribution in [3.05, 3.63) is 28.2 Å². The van der Waals surface area contributed by atoms with E-state index in [1.54, 1.807) is 0 Å². The Morgan fingerprint density at radius 2 is 2.10 bits per heavy atom. The predicted molar refractivity (Wildman–Crippen MR) is 84.9 cm³/mol. The first kappa shape index (κ1) is 14.4. The van der Waals surface area contributed by atoms with E-state index in [0.717, 1.165) is 42.3 Å². The highest BCUT2D eigenvalue weighted by atomic mass is 79.9. The van der Waals surface area contributed by atoms with Gasteiger partial charge in [-0.2, -0.15) is 0 Å². The third-order valence-electron chi connectivity index (χ3n) is 4.43. The summed E-state index contributed by atoms with van der Waals surface area (Å²) in [5.41, 5.74) is 7.16. The van der Waals surface area contributed by atoms with Gasteiger partial charge in [-0.15, -0.1) is 0 Å². The molecule has 2 fully saturated rings. The Morgan fingerprint density at radius 1 is 1.30 bits per heavy atom. The Balaban J connectivity index is 1.74. The van der Waals surface area contributed by atoms with Crippen LogP contribution in [0.4, 0.5) is 0 Å². The van der Waals surface area contributed by atoms with Gasteiger partial charge < -0.3 is 10.5 Å². The van der Waals surface area contributed by atoms with Crippen molar-refractivity contribution in [1.82, 2.24) is 4.90 Å². The lowest BCUT2D eigenvalue weighted by Gasteiger charge is -2.20. The molecule has 0 spiro atoms. The van der Waals surface area contributed by atoms with Gasteiger partial charge in [-0.1, -0.05) is 15.9 Å². The van der Waals surface area contributed by atoms with Crippen molar-refractivity contribution in [2.75, 3.05) is 26.7 Å². The zero-order chi connectivity index (χ0) is 14.1. The van der Waals surface area contributed by atoms with Gasteiger partial charge in [0.15, 0.2) is 0 Å². The number of hydrogen-bond donors (Lipinski definition) is 1. The van der Waals surface area contributed by atoms with Crippen LogP contribution in [-0.2, 0) is 0 Å². The van der Waals surface area contributed by atoms with Crippen LogP contribution in [0.15, 0.2) is 22.7 Å². The molecule has 2 unspecified atom stereocenters. The summed E-state index contributed by atoms with van der Waals surface area (Å²) in [6, 6.07) is 6.95. The number of nitrogens with two attached hydrogens (primary N) is 1. The maximum atomic E-state index is 5.93. The zero-order valence-electron chi connectivity index (χ0n) is 12.0. The maximum absolute atomic E-state index is 5.93. The summed E-state index contributed by atoms with van der Waals surface area (Å²) in [6.45, 7) is 2.73. The van der Waals surface area contributed by atoms with Gasteiger partial charge in [0.1, 0.15) is 5.75 Å². The molecular weight excluding hydrogens is 316 g/mol. The van der Waals surface area contributed by atoms with Crippen molar-refractivity contribution >= 4 is 15.9 Å². The van der Waals surface area contributed by atoms with Crippen molar-refractivity contribution in [3.63, 3.8) is 0 Å². The zero-order valence-corrected chi connectivity index (χ0v) is 13.6. The van der Waals surface area contributed by atoms with Gasteiger partial charge in [-0.05, 0) is 68.5 Å². The molecule has 3 nitrogen and oxygen atoms in total. The average Bonchev–Trinajstić information content (AvgIpc) is 3.17. The number of benzene rings is 1. The molecule has 110 valence electrons. The molecule has 4 heteroatoms. The average molecular weight is 339 g/mol. The first-order valence-corrected chi connectivity index (χ1v) is 8.28. The Bertz CT molecular complexity index is 476. The van der Waals surface area contributed by atoms with E-state index in [4.69, 9.17) is 10.5 Å². The Labute approximate surface area is 129 Å². The minimum atomic E-state index is 0.462. The van der Waals surface area contributed by atoms with Crippen LogP contribution in [0.2, 0.25) is 0 Å². The summed E-state index contributed by atoms with van der Waals surface area (Å²) in [6.07, 6.45) is 3.79. The fourth-order valence-corrected chi connectivity index (χ4v) is 3.51. The smallest absolute Gasteiger partial charge is 0.120 e. The first-order chi connectivity index (χ1) is 9.65. The maximum Gasteiger partial charge on any atom is 0.120 e. The van der Waals surface area contributed by atoms with E-state index in [9.17, 15) is 0 Å². The van der Waals surface area contributed by atoms with E-state index in [1.807, 2.05) is 0 Å². The van der Waals surface area contributed by atoms with Gasteiger partial charge in [0.2, 0.25) is 0 Å². The van der Waals surface area contributed by atoms with Crippen LogP contribution in [0.25, 0.3) is 0 Å². The van der Waals surface area contributed by atoms with Crippen LogP contribution < -0.4 is 10.5 Å². The minimum absolute atomic E-state index is 0.462. The Kier molecular flexibility index (Phi) is 4.34. The lowest BCUT2D eigenvalue weighted by Crippen LogP contribution is -2.20. The summed E-state index contributed by atoms with van der Waals surface area (Å²) >= 11 is 3.61. The molecule has 1 aromatic rings. The molecule has 2 atom stereocenters. The molecule has 0 amide bonds. The fourth-order valence-electron chi connectivity index (χ4n) is 3.02. The lowest BCUT2D eigenvalue weighted by atomic mass is 10.00. The highest BCUT2D eigenvalue weighted by Gasteiger charge is 2.30. The summed E-state index contributed by atoms with van der Waals surface area (Å²) in [5.74, 6) is 2.39. The van der Waals surface area contributed by atoms with E-state index in [2.05, 4.69) is 46.1 Å². The molecule has 1 aliphatic heterocycles. The molecule has 1 saturated carbocycles. The monoisotopic (exact) mass is 338 g/mol. The van der Waals surface area contributed by atoms with Crippen molar-refractivity contribution < 1.29 is 4.74 Å². The van der Waals surface area contributed by atoms with Crippen LogP contribution in [0.1, 0.15) is 30.9 Å². The standard InChI is InChI=1S/C16H23BrN2O/c1-19-9-12(8-18)4-16(19)13-5-14(17)7-15(6-13)20-10-11-2-3-11/h5-7,11-12,16H,2-4,8-10,18H2,1H3. The first-order valence-electron chi connectivity index (χ1n) is 7.49. The molecule has 2 N–H and O–H groups in total. The normalized spacial score (nSPS) is 26.9. The molecule has 0 bridgehead atoms. The molecule has 2 aliphatic rings. The second-order valence-corrected chi connectivity index (χ2v) is 7.18. The van der Waals surface area contributed by atoms with Gasteiger partial charge in [-0.25, -0.2) is 0 Å². The molecule has 1 aliphatic carbocycles. The third-order valence-corrected chi connectivity index (χ3v) is 4.89. The Morgan fingerprint density at radius 3 is 2.75 bits per heavy atom. The molecule has 0 radical (unpaired) electrons. The van der Waals surface area contributed by atoms with E-state index >= 15 is 0 Å². The molecule has 1 heterocycles. The predicted octanol–water partition coefficient (Wildman–Crippen LogP) is 3.19. The van der Waals surface area contributed by atoms with Crippen molar-refractivity contribution in [2.24, 2.45) is 17.6 Å². The van der Waals surface area contributed by atoms with Crippen LogP contribution >= 0.6 is 15.9 Å². The minimum Gasteiger partial charge on any atom is -0.493 e. The molecule has 0 aromatic heterocycles. The fraction of sp³-hybridized carbons (Fsp3) is 0.625. The van der Waals surface area contributed by atoms with E-state index < -0.39 is 0 Å². The quantitative estimate of drug-likeness (QED) is 0.895. The number of halogens is 1. The van der Waals surface area contributed by atoms with E-state index in [0.29, 0.717) is 12.0 Å². The van der Waals surface area contributed by atoms with Crippen LogP contribution in [0, 0.1) is 11.8 Å². The number of hydrogen-bond acceptors (Lipinski definition) is 3. The summed E-state index contributed by atoms with van der Waals surface area (Å²) in [5, 5.41) is 0. The SMILES string of the molecule is CN1CC(CN)CC1c1cc(Br)cc(OCC2CC2)c1. The number of rotatable bonds is 5. The highest BCUT2D eigenvalue weighted by Crippen LogP contribution is 2.37. The summed E-state index contributed by atoms with van der Waals surface area (Å²) in [7, 11) is 2.19. The van der Waals surface area contributed by atoms with Gasteiger partial charge in [-0.3, -0.25) is 4.90 Å². The molecule has 1 saturated heterocycles. The largest absolute Gasteiger partial charge is 0.493 e. The Hall–Kier alpha value is -0.580. The number of likely N-dealkylation sites (tertiary alicyclic amines) is 1. The second-order valence-electron chi connectivity index (χ2n) is 6.27. The van der Waals surface area contributed by atoms with Crippen molar-refractivity contribution in [2.45, 2.75) is 25.3 Å². The molecular formula is C16H23BrN2O. The van der Waals surface area contributed by atoms with Gasteiger partial charge in [0.05, 0.1) is 6.61 Å². The van der Waals surface area contributed by atoms with Gasteiger partial charge in [0.25, 0.3) is 0 Å². The van der Waals surface area contributed by atoms with E-state index in [1.165, 1.54) is 18.4 Å². The van der Waals surface area contributed by atoms with Crippen molar-refractivity contribution in [1.29, 1.82) is 0 Å². The third kappa shape index (κ3) is 3.35. The second kappa shape index (κ2) is 6.04. The van der Waals surface area contributed by atoms with Gasteiger partial charge >= 0.3 is 0 Å². The van der Waals surface area contributed by atoms with E-state index in [-0.39, 0.29) is 0 Å². The molecule has 3 rings (SSSR count). The lowest BCUT2D eigenvalue weighted by molar-refractivity contribution is 0.294. The summed E-state index contributed by atoms with van der Waals surface area (Å²) in [4.78, 5) is 2.41. The molecule has 20 heavy (non-hydrogen) atoms. The van der Waals surface area contributed by atoms with Crippen molar-refractivity contribution in [3.8, 4) is 5.75 Å². The molecule has 1 aromatic carbocycles. The van der Waals surface area contributed by atoms with Crippen LogP contribution in [-0.4, -0.2) is 31.6 Å². The highest BCUT2D eigenvalue weighted by molar-refractivity contribution is 9.10. The van der Waals surface area contributed by atoms with Gasteiger partial charge in [0, 0.05) is 17.1 Å². The number of ether oxygens (including phenoxy) is 1.